The highest BCUT2D eigenvalue weighted by Crippen LogP contribution is 2.28. The number of rotatable bonds is 6. The van der Waals surface area contributed by atoms with Crippen LogP contribution in [0, 0.1) is 5.92 Å². The largest absolute Gasteiger partial charge is 0.314 e. The second kappa shape index (κ2) is 7.20. The summed E-state index contributed by atoms with van der Waals surface area (Å²) in [7, 11) is -3.00. The number of nitrogens with zero attached hydrogens (tertiary/aromatic N) is 2. The molecule has 0 bridgehead atoms. The SMILES string of the molecule is CCNC1CCCC1CCN1CCN(S(C)(=O)=O)CC1. The van der Waals surface area contributed by atoms with Crippen LogP contribution in [0.1, 0.15) is 32.6 Å². The third kappa shape index (κ3) is 4.41. The lowest BCUT2D eigenvalue weighted by Gasteiger charge is -2.34. The van der Waals surface area contributed by atoms with Crippen LogP contribution in [0.5, 0.6) is 0 Å². The fraction of sp³-hybridized carbons (Fsp3) is 1.00. The number of nitrogens with one attached hydrogen (secondary N) is 1. The van der Waals surface area contributed by atoms with Crippen LogP contribution in [0.25, 0.3) is 0 Å². The Morgan fingerprint density at radius 3 is 2.45 bits per heavy atom. The number of hydrogen-bond donors (Lipinski definition) is 1. The molecule has 20 heavy (non-hydrogen) atoms. The monoisotopic (exact) mass is 303 g/mol. The van der Waals surface area contributed by atoms with E-state index in [1.54, 1.807) is 4.31 Å². The predicted molar refractivity (Wildman–Crippen MR) is 82.3 cm³/mol. The fourth-order valence-electron chi connectivity index (χ4n) is 3.55. The highest BCUT2D eigenvalue weighted by atomic mass is 32.2. The Bertz CT molecular complexity index is 391. The zero-order valence-electron chi connectivity index (χ0n) is 12.8. The molecule has 0 spiro atoms. The average molecular weight is 303 g/mol. The van der Waals surface area contributed by atoms with Crippen LogP contribution in [-0.2, 0) is 10.0 Å². The van der Waals surface area contributed by atoms with Gasteiger partial charge in [-0.2, -0.15) is 4.31 Å². The molecule has 0 aromatic rings. The van der Waals surface area contributed by atoms with E-state index in [4.69, 9.17) is 0 Å². The van der Waals surface area contributed by atoms with Gasteiger partial charge in [0.25, 0.3) is 0 Å². The Labute approximate surface area is 123 Å². The molecule has 1 saturated carbocycles. The van der Waals surface area contributed by atoms with E-state index >= 15 is 0 Å². The summed E-state index contributed by atoms with van der Waals surface area (Å²) in [5.41, 5.74) is 0. The summed E-state index contributed by atoms with van der Waals surface area (Å²) in [6.07, 6.45) is 6.57. The van der Waals surface area contributed by atoms with E-state index in [2.05, 4.69) is 17.1 Å². The van der Waals surface area contributed by atoms with Crippen molar-refractivity contribution < 1.29 is 8.42 Å². The molecular weight excluding hydrogens is 274 g/mol. The molecule has 6 heteroatoms. The number of sulfonamides is 1. The van der Waals surface area contributed by atoms with Gasteiger partial charge in [-0.15, -0.1) is 0 Å². The van der Waals surface area contributed by atoms with E-state index in [-0.39, 0.29) is 0 Å². The standard InChI is InChI=1S/C14H29N3O2S/c1-3-15-14-6-4-5-13(14)7-8-16-9-11-17(12-10-16)20(2,18)19/h13-15H,3-12H2,1-2H3. The molecule has 1 aliphatic heterocycles. The molecular formula is C14H29N3O2S. The van der Waals surface area contributed by atoms with Gasteiger partial charge in [0.15, 0.2) is 0 Å². The van der Waals surface area contributed by atoms with E-state index in [9.17, 15) is 8.42 Å². The summed E-state index contributed by atoms with van der Waals surface area (Å²) in [5, 5.41) is 3.60. The van der Waals surface area contributed by atoms with Gasteiger partial charge in [0, 0.05) is 32.2 Å². The first-order chi connectivity index (χ1) is 9.50. The zero-order valence-corrected chi connectivity index (χ0v) is 13.7. The lowest BCUT2D eigenvalue weighted by Crippen LogP contribution is -2.48. The molecule has 2 unspecified atom stereocenters. The summed E-state index contributed by atoms with van der Waals surface area (Å²) in [6, 6.07) is 0.706. The predicted octanol–water partition coefficient (Wildman–Crippen LogP) is 0.732. The summed E-state index contributed by atoms with van der Waals surface area (Å²) in [4.78, 5) is 2.42. The Kier molecular flexibility index (Phi) is 5.84. The molecule has 0 aromatic carbocycles. The summed E-state index contributed by atoms with van der Waals surface area (Å²) < 4.78 is 24.5. The third-order valence-corrected chi connectivity index (χ3v) is 6.04. The minimum absolute atomic E-state index is 0.653. The van der Waals surface area contributed by atoms with Crippen molar-refractivity contribution in [3.8, 4) is 0 Å². The third-order valence-electron chi connectivity index (χ3n) is 4.74. The summed E-state index contributed by atoms with van der Waals surface area (Å²) in [5.74, 6) is 0.808. The van der Waals surface area contributed by atoms with Gasteiger partial charge in [0.05, 0.1) is 6.26 Å². The maximum Gasteiger partial charge on any atom is 0.211 e. The van der Waals surface area contributed by atoms with E-state index in [1.807, 2.05) is 0 Å². The average Bonchev–Trinajstić information content (AvgIpc) is 2.84. The Morgan fingerprint density at radius 1 is 1.15 bits per heavy atom. The molecule has 5 nitrogen and oxygen atoms in total. The van der Waals surface area contributed by atoms with Crippen molar-refractivity contribution in [1.82, 2.24) is 14.5 Å². The molecule has 1 N–H and O–H groups in total. The first-order valence-electron chi connectivity index (χ1n) is 7.91. The van der Waals surface area contributed by atoms with Gasteiger partial charge < -0.3 is 10.2 Å². The lowest BCUT2D eigenvalue weighted by molar-refractivity contribution is 0.175. The molecule has 1 saturated heterocycles. The number of piperazine rings is 1. The lowest BCUT2D eigenvalue weighted by atomic mass is 9.99. The van der Waals surface area contributed by atoms with Crippen LogP contribution in [0.4, 0.5) is 0 Å². The second-order valence-electron chi connectivity index (χ2n) is 6.15. The second-order valence-corrected chi connectivity index (χ2v) is 8.13. The maximum atomic E-state index is 11.5. The molecule has 2 rings (SSSR count). The molecule has 0 radical (unpaired) electrons. The molecule has 0 amide bonds. The quantitative estimate of drug-likeness (QED) is 0.786. The van der Waals surface area contributed by atoms with E-state index in [0.717, 1.165) is 32.1 Å². The van der Waals surface area contributed by atoms with Crippen LogP contribution in [0.2, 0.25) is 0 Å². The van der Waals surface area contributed by atoms with Crippen LogP contribution < -0.4 is 5.32 Å². The van der Waals surface area contributed by atoms with E-state index < -0.39 is 10.0 Å². The van der Waals surface area contributed by atoms with Crippen molar-refractivity contribution in [2.45, 2.75) is 38.6 Å². The van der Waals surface area contributed by atoms with Crippen LogP contribution in [-0.4, -0.2) is 69.2 Å². The number of hydrogen-bond acceptors (Lipinski definition) is 4. The van der Waals surface area contributed by atoms with Crippen molar-refractivity contribution in [2.75, 3.05) is 45.5 Å². The minimum Gasteiger partial charge on any atom is -0.314 e. The smallest absolute Gasteiger partial charge is 0.211 e. The zero-order chi connectivity index (χ0) is 14.6. The first kappa shape index (κ1) is 16.2. The molecule has 118 valence electrons. The van der Waals surface area contributed by atoms with Gasteiger partial charge in [-0.05, 0) is 38.3 Å². The van der Waals surface area contributed by atoms with Crippen molar-refractivity contribution in [3.63, 3.8) is 0 Å². The fourth-order valence-corrected chi connectivity index (χ4v) is 4.37. The topological polar surface area (TPSA) is 52.6 Å². The van der Waals surface area contributed by atoms with Crippen LogP contribution >= 0.6 is 0 Å². The van der Waals surface area contributed by atoms with Crippen molar-refractivity contribution in [3.05, 3.63) is 0 Å². The molecule has 1 aliphatic carbocycles. The highest BCUT2D eigenvalue weighted by Gasteiger charge is 2.28. The van der Waals surface area contributed by atoms with Gasteiger partial charge in [-0.1, -0.05) is 13.3 Å². The maximum absolute atomic E-state index is 11.5. The van der Waals surface area contributed by atoms with Gasteiger partial charge in [0.1, 0.15) is 0 Å². The molecule has 0 aromatic heterocycles. The first-order valence-corrected chi connectivity index (χ1v) is 9.76. The molecule has 2 aliphatic rings. The van der Waals surface area contributed by atoms with Crippen LogP contribution in [0.3, 0.4) is 0 Å². The van der Waals surface area contributed by atoms with Crippen LogP contribution in [0.15, 0.2) is 0 Å². The van der Waals surface area contributed by atoms with E-state index in [0.29, 0.717) is 19.1 Å². The molecule has 2 fully saturated rings. The van der Waals surface area contributed by atoms with Crippen molar-refractivity contribution in [2.24, 2.45) is 5.92 Å². The minimum atomic E-state index is -3.00. The molecule has 1 heterocycles. The summed E-state index contributed by atoms with van der Waals surface area (Å²) >= 11 is 0. The van der Waals surface area contributed by atoms with Crippen molar-refractivity contribution in [1.29, 1.82) is 0 Å². The van der Waals surface area contributed by atoms with Gasteiger partial charge in [-0.3, -0.25) is 0 Å². The Balaban J connectivity index is 1.71. The summed E-state index contributed by atoms with van der Waals surface area (Å²) in [6.45, 7) is 7.43. The van der Waals surface area contributed by atoms with Crippen molar-refractivity contribution >= 4 is 10.0 Å². The highest BCUT2D eigenvalue weighted by molar-refractivity contribution is 7.88. The Hall–Kier alpha value is -0.170. The van der Waals surface area contributed by atoms with Gasteiger partial charge in [0.2, 0.25) is 10.0 Å². The Morgan fingerprint density at radius 2 is 1.85 bits per heavy atom. The molecule has 2 atom stereocenters. The van der Waals surface area contributed by atoms with Gasteiger partial charge in [-0.25, -0.2) is 8.42 Å². The van der Waals surface area contributed by atoms with Gasteiger partial charge >= 0.3 is 0 Å². The normalized spacial score (nSPS) is 29.9. The van der Waals surface area contributed by atoms with E-state index in [1.165, 1.54) is 31.9 Å².